The van der Waals surface area contributed by atoms with Gasteiger partial charge in [-0.1, -0.05) is 6.92 Å². The van der Waals surface area contributed by atoms with Crippen molar-refractivity contribution in [1.29, 1.82) is 0 Å². The van der Waals surface area contributed by atoms with Crippen LogP contribution in [0.15, 0.2) is 0 Å². The lowest BCUT2D eigenvalue weighted by molar-refractivity contribution is -0.871. The molecule has 0 saturated heterocycles. The second-order valence-corrected chi connectivity index (χ2v) is 5.09. The molecule has 1 atom stereocenters. The van der Waals surface area contributed by atoms with Gasteiger partial charge in [0.15, 0.2) is 0 Å². The maximum Gasteiger partial charge on any atom is 0.305 e. The van der Waals surface area contributed by atoms with Crippen LogP contribution >= 0.6 is 0 Å². The standard InChI is InChI=1S/C11H22N2O3/c1-5-6-10(14)12-9(7-11(15)16)8-13(2,3)4/h9H,5-8H2,1-4H3,(H-,12,14,15,16)/p+1. The van der Waals surface area contributed by atoms with E-state index in [1.807, 2.05) is 28.1 Å². The lowest BCUT2D eigenvalue weighted by Gasteiger charge is -2.29. The van der Waals surface area contributed by atoms with E-state index >= 15 is 0 Å². The van der Waals surface area contributed by atoms with Crippen molar-refractivity contribution in [3.05, 3.63) is 0 Å². The van der Waals surface area contributed by atoms with Crippen LogP contribution < -0.4 is 5.32 Å². The van der Waals surface area contributed by atoms with E-state index in [9.17, 15) is 9.59 Å². The molecule has 0 bridgehead atoms. The second-order valence-electron chi connectivity index (χ2n) is 5.09. The monoisotopic (exact) mass is 231 g/mol. The summed E-state index contributed by atoms with van der Waals surface area (Å²) in [5, 5.41) is 11.5. The van der Waals surface area contributed by atoms with Crippen LogP contribution in [0.3, 0.4) is 0 Å². The molecule has 5 nitrogen and oxygen atoms in total. The quantitative estimate of drug-likeness (QED) is 0.625. The number of carbonyl (C=O) groups is 2. The summed E-state index contributed by atoms with van der Waals surface area (Å²) >= 11 is 0. The van der Waals surface area contributed by atoms with E-state index in [-0.39, 0.29) is 18.4 Å². The Hall–Kier alpha value is -1.10. The largest absolute Gasteiger partial charge is 0.481 e. The molecule has 0 saturated carbocycles. The van der Waals surface area contributed by atoms with Gasteiger partial charge in [0, 0.05) is 6.42 Å². The molecule has 0 spiro atoms. The molecule has 0 fully saturated rings. The van der Waals surface area contributed by atoms with Crippen molar-refractivity contribution < 1.29 is 19.2 Å². The van der Waals surface area contributed by atoms with E-state index in [0.29, 0.717) is 17.4 Å². The van der Waals surface area contributed by atoms with Crippen LogP contribution in [0.5, 0.6) is 0 Å². The van der Waals surface area contributed by atoms with Gasteiger partial charge < -0.3 is 14.9 Å². The van der Waals surface area contributed by atoms with Gasteiger partial charge in [0.2, 0.25) is 5.91 Å². The Balaban J connectivity index is 4.31. The number of quaternary nitrogens is 1. The summed E-state index contributed by atoms with van der Waals surface area (Å²) < 4.78 is 0.629. The molecular formula is C11H23N2O3+. The highest BCUT2D eigenvalue weighted by molar-refractivity contribution is 5.77. The predicted molar refractivity (Wildman–Crippen MR) is 62.0 cm³/mol. The Morgan fingerprint density at radius 3 is 2.25 bits per heavy atom. The molecule has 0 aromatic carbocycles. The molecule has 0 aliphatic rings. The number of amides is 1. The first-order valence-electron chi connectivity index (χ1n) is 5.56. The Morgan fingerprint density at radius 1 is 1.31 bits per heavy atom. The fourth-order valence-corrected chi connectivity index (χ4v) is 1.56. The van der Waals surface area contributed by atoms with Crippen LogP contribution in [-0.4, -0.2) is 55.2 Å². The molecule has 1 amide bonds. The van der Waals surface area contributed by atoms with E-state index in [1.165, 1.54) is 0 Å². The van der Waals surface area contributed by atoms with Gasteiger partial charge in [-0.15, -0.1) is 0 Å². The van der Waals surface area contributed by atoms with Gasteiger partial charge in [-0.2, -0.15) is 0 Å². The minimum atomic E-state index is -0.879. The Morgan fingerprint density at radius 2 is 1.88 bits per heavy atom. The number of nitrogens with zero attached hydrogens (tertiary/aromatic N) is 1. The van der Waals surface area contributed by atoms with Crippen LogP contribution in [0, 0.1) is 0 Å². The van der Waals surface area contributed by atoms with Gasteiger partial charge in [0.05, 0.1) is 40.2 Å². The van der Waals surface area contributed by atoms with Crippen LogP contribution in [-0.2, 0) is 9.59 Å². The highest BCUT2D eigenvalue weighted by Gasteiger charge is 2.22. The number of carboxylic acids is 1. The minimum absolute atomic E-state index is 0.0228. The van der Waals surface area contributed by atoms with Crippen molar-refractivity contribution in [2.24, 2.45) is 0 Å². The van der Waals surface area contributed by atoms with E-state index in [1.54, 1.807) is 0 Å². The first-order chi connectivity index (χ1) is 7.24. The zero-order chi connectivity index (χ0) is 12.8. The maximum atomic E-state index is 11.4. The van der Waals surface area contributed by atoms with E-state index in [0.717, 1.165) is 6.42 Å². The minimum Gasteiger partial charge on any atom is -0.481 e. The van der Waals surface area contributed by atoms with E-state index in [4.69, 9.17) is 5.11 Å². The normalized spacial score (nSPS) is 13.2. The van der Waals surface area contributed by atoms with Crippen LogP contribution in [0.4, 0.5) is 0 Å². The third kappa shape index (κ3) is 8.23. The molecule has 0 rings (SSSR count). The maximum absolute atomic E-state index is 11.4. The van der Waals surface area contributed by atoms with Crippen molar-refractivity contribution in [1.82, 2.24) is 5.32 Å². The third-order valence-corrected chi connectivity index (χ3v) is 2.03. The molecule has 0 aliphatic carbocycles. The van der Waals surface area contributed by atoms with E-state index < -0.39 is 5.97 Å². The van der Waals surface area contributed by atoms with Crippen LogP contribution in [0.1, 0.15) is 26.2 Å². The zero-order valence-electron chi connectivity index (χ0n) is 10.6. The van der Waals surface area contributed by atoms with Crippen molar-refractivity contribution in [3.63, 3.8) is 0 Å². The van der Waals surface area contributed by atoms with Crippen molar-refractivity contribution >= 4 is 11.9 Å². The highest BCUT2D eigenvalue weighted by atomic mass is 16.4. The van der Waals surface area contributed by atoms with Crippen LogP contribution in [0.2, 0.25) is 0 Å². The summed E-state index contributed by atoms with van der Waals surface area (Å²) in [6, 6.07) is -0.295. The summed E-state index contributed by atoms with van der Waals surface area (Å²) in [6.07, 6.45) is 1.20. The fraction of sp³-hybridized carbons (Fsp3) is 0.818. The first-order valence-corrected chi connectivity index (χ1v) is 5.56. The molecular weight excluding hydrogens is 208 g/mol. The van der Waals surface area contributed by atoms with Gasteiger partial charge in [0.1, 0.15) is 0 Å². The number of rotatable bonds is 7. The summed E-state index contributed by atoms with van der Waals surface area (Å²) in [4.78, 5) is 22.1. The molecule has 2 N–H and O–H groups in total. The van der Waals surface area contributed by atoms with Crippen molar-refractivity contribution in [3.8, 4) is 0 Å². The topological polar surface area (TPSA) is 66.4 Å². The number of carboxylic acid groups (broad SMARTS) is 1. The molecule has 0 radical (unpaired) electrons. The Bertz CT molecular complexity index is 246. The van der Waals surface area contributed by atoms with E-state index in [2.05, 4.69) is 5.32 Å². The third-order valence-electron chi connectivity index (χ3n) is 2.03. The summed E-state index contributed by atoms with van der Waals surface area (Å²) in [7, 11) is 5.92. The smallest absolute Gasteiger partial charge is 0.305 e. The number of hydrogen-bond acceptors (Lipinski definition) is 2. The summed E-state index contributed by atoms with van der Waals surface area (Å²) in [5.41, 5.74) is 0. The second kappa shape index (κ2) is 6.48. The molecule has 0 heterocycles. The average Bonchev–Trinajstić information content (AvgIpc) is 1.98. The van der Waals surface area contributed by atoms with Crippen molar-refractivity contribution in [2.45, 2.75) is 32.2 Å². The molecule has 5 heteroatoms. The van der Waals surface area contributed by atoms with Gasteiger partial charge in [-0.3, -0.25) is 9.59 Å². The Kier molecular flexibility index (Phi) is 6.03. The summed E-state index contributed by atoms with van der Waals surface area (Å²) in [5.74, 6) is -0.947. The van der Waals surface area contributed by atoms with Gasteiger partial charge in [-0.25, -0.2) is 0 Å². The lowest BCUT2D eigenvalue weighted by atomic mass is 10.1. The zero-order valence-corrected chi connectivity index (χ0v) is 10.6. The molecule has 0 aromatic heterocycles. The average molecular weight is 231 g/mol. The van der Waals surface area contributed by atoms with Gasteiger partial charge >= 0.3 is 5.97 Å². The molecule has 16 heavy (non-hydrogen) atoms. The highest BCUT2D eigenvalue weighted by Crippen LogP contribution is 2.01. The predicted octanol–water partition coefficient (Wildman–Crippen LogP) is 0.452. The SMILES string of the molecule is CCCC(=O)NC(CC(=O)O)C[N+](C)(C)C. The summed E-state index contributed by atoms with van der Waals surface area (Å²) in [6.45, 7) is 2.54. The van der Waals surface area contributed by atoms with Crippen molar-refractivity contribution in [2.75, 3.05) is 27.7 Å². The van der Waals surface area contributed by atoms with Gasteiger partial charge in [-0.05, 0) is 6.42 Å². The number of nitrogens with one attached hydrogen (secondary N) is 1. The Labute approximate surface area is 97.0 Å². The fourth-order valence-electron chi connectivity index (χ4n) is 1.56. The van der Waals surface area contributed by atoms with Gasteiger partial charge in [0.25, 0.3) is 0 Å². The number of aliphatic carboxylic acids is 1. The molecule has 1 unspecified atom stereocenters. The number of hydrogen-bond donors (Lipinski definition) is 2. The number of likely N-dealkylation sites (N-methyl/N-ethyl adjacent to an activating group) is 1. The molecule has 0 aromatic rings. The molecule has 94 valence electrons. The van der Waals surface area contributed by atoms with Crippen LogP contribution in [0.25, 0.3) is 0 Å². The molecule has 0 aliphatic heterocycles. The number of carbonyl (C=O) groups excluding carboxylic acids is 1. The first kappa shape index (κ1) is 14.9. The lowest BCUT2D eigenvalue weighted by Crippen LogP contribution is -2.49.